The number of carbonyl (C=O) groups excluding carboxylic acids is 1. The number of ketones is 1. The second-order valence-corrected chi connectivity index (χ2v) is 5.28. The van der Waals surface area contributed by atoms with Crippen molar-refractivity contribution in [3.63, 3.8) is 0 Å². The number of hydrogen-bond donors (Lipinski definition) is 1. The van der Waals surface area contributed by atoms with Crippen LogP contribution in [-0.2, 0) is 4.74 Å². The molecule has 0 saturated carbocycles. The van der Waals surface area contributed by atoms with Crippen LogP contribution in [0, 0.1) is 6.92 Å². The summed E-state index contributed by atoms with van der Waals surface area (Å²) in [4.78, 5) is 16.9. The van der Waals surface area contributed by atoms with E-state index in [-0.39, 0.29) is 17.9 Å². The van der Waals surface area contributed by atoms with Crippen LogP contribution in [0.4, 0.5) is 0 Å². The highest BCUT2D eigenvalue weighted by Gasteiger charge is 2.29. The number of hydrogen-bond acceptors (Lipinski definition) is 4. The smallest absolute Gasteiger partial charge is 0.179 e. The minimum Gasteiger partial charge on any atom is -0.380 e. The van der Waals surface area contributed by atoms with Gasteiger partial charge in [-0.05, 0) is 37.6 Å². The zero-order valence-corrected chi connectivity index (χ0v) is 11.7. The molecule has 104 valence electrons. The van der Waals surface area contributed by atoms with Gasteiger partial charge in [0.2, 0.25) is 0 Å². The fourth-order valence-corrected chi connectivity index (χ4v) is 2.66. The molecule has 2 aromatic rings. The normalized spacial score (nSPS) is 22.3. The fourth-order valence-electron chi connectivity index (χ4n) is 2.66. The van der Waals surface area contributed by atoms with Gasteiger partial charge in [0, 0.05) is 30.3 Å². The summed E-state index contributed by atoms with van der Waals surface area (Å²) in [5.41, 5.74) is 2.64. The third kappa shape index (κ3) is 2.44. The molecule has 2 atom stereocenters. The molecule has 1 N–H and O–H groups in total. The average Bonchev–Trinajstić information content (AvgIpc) is 2.95. The molecule has 1 fully saturated rings. The quantitative estimate of drug-likeness (QED) is 0.868. The number of nitrogens with zero attached hydrogens (tertiary/aromatic N) is 1. The number of ether oxygens (including phenoxy) is 1. The molecule has 0 bridgehead atoms. The summed E-state index contributed by atoms with van der Waals surface area (Å²) in [6.07, 6.45) is 0.869. The van der Waals surface area contributed by atoms with Crippen LogP contribution in [-0.4, -0.2) is 36.6 Å². The third-order valence-electron chi connectivity index (χ3n) is 3.85. The lowest BCUT2D eigenvalue weighted by molar-refractivity contribution is 0.0919. The first-order chi connectivity index (χ1) is 9.67. The minimum atomic E-state index is -0.143. The number of benzene rings is 1. The summed E-state index contributed by atoms with van der Waals surface area (Å²) in [6, 6.07) is 9.53. The van der Waals surface area contributed by atoms with Gasteiger partial charge in [-0.25, -0.2) is 0 Å². The number of methoxy groups -OCH3 is 1. The number of fused-ring (bicyclic) bond motifs is 1. The van der Waals surface area contributed by atoms with Gasteiger partial charge in [0.1, 0.15) is 0 Å². The van der Waals surface area contributed by atoms with E-state index in [1.54, 1.807) is 7.11 Å². The molecular formula is C16H18N2O2. The van der Waals surface area contributed by atoms with E-state index in [0.29, 0.717) is 0 Å². The van der Waals surface area contributed by atoms with E-state index in [0.717, 1.165) is 35.1 Å². The van der Waals surface area contributed by atoms with Gasteiger partial charge < -0.3 is 10.1 Å². The Hall–Kier alpha value is -1.78. The van der Waals surface area contributed by atoms with Crippen molar-refractivity contribution in [1.29, 1.82) is 0 Å². The van der Waals surface area contributed by atoms with Crippen LogP contribution in [0.1, 0.15) is 22.5 Å². The number of pyridine rings is 1. The van der Waals surface area contributed by atoms with E-state index < -0.39 is 0 Å². The monoisotopic (exact) mass is 270 g/mol. The van der Waals surface area contributed by atoms with Crippen LogP contribution in [0.2, 0.25) is 0 Å². The topological polar surface area (TPSA) is 51.2 Å². The number of aromatic nitrogens is 1. The first-order valence-electron chi connectivity index (χ1n) is 6.85. The van der Waals surface area contributed by atoms with Gasteiger partial charge in [0.15, 0.2) is 5.78 Å². The van der Waals surface area contributed by atoms with Crippen molar-refractivity contribution < 1.29 is 9.53 Å². The summed E-state index contributed by atoms with van der Waals surface area (Å²) in [5, 5.41) is 4.23. The SMILES string of the molecule is COC1CNC(C(=O)c2ccc3nc(C)ccc3c2)C1. The molecule has 1 aliphatic heterocycles. The van der Waals surface area contributed by atoms with Crippen molar-refractivity contribution >= 4 is 16.7 Å². The first kappa shape index (κ1) is 13.2. The highest BCUT2D eigenvalue weighted by Crippen LogP contribution is 2.19. The van der Waals surface area contributed by atoms with Crippen LogP contribution in [0.3, 0.4) is 0 Å². The van der Waals surface area contributed by atoms with E-state index in [2.05, 4.69) is 10.3 Å². The molecular weight excluding hydrogens is 252 g/mol. The Morgan fingerprint density at radius 3 is 2.95 bits per heavy atom. The molecule has 2 heterocycles. The van der Waals surface area contributed by atoms with E-state index in [1.807, 2.05) is 37.3 Å². The van der Waals surface area contributed by atoms with Crippen molar-refractivity contribution in [2.45, 2.75) is 25.5 Å². The molecule has 0 aliphatic carbocycles. The van der Waals surface area contributed by atoms with E-state index in [4.69, 9.17) is 4.74 Å². The number of carbonyl (C=O) groups is 1. The van der Waals surface area contributed by atoms with Crippen LogP contribution >= 0.6 is 0 Å². The fraction of sp³-hybridized carbons (Fsp3) is 0.375. The van der Waals surface area contributed by atoms with E-state index >= 15 is 0 Å². The van der Waals surface area contributed by atoms with Crippen LogP contribution in [0.5, 0.6) is 0 Å². The average molecular weight is 270 g/mol. The molecule has 2 unspecified atom stereocenters. The lowest BCUT2D eigenvalue weighted by Gasteiger charge is -2.10. The number of Topliss-reactive ketones (excluding diaryl/α,β-unsaturated/α-hetero) is 1. The highest BCUT2D eigenvalue weighted by atomic mass is 16.5. The maximum Gasteiger partial charge on any atom is 0.179 e. The number of nitrogens with one attached hydrogen (secondary N) is 1. The molecule has 1 aromatic heterocycles. The van der Waals surface area contributed by atoms with Crippen molar-refractivity contribution in [3.05, 3.63) is 41.6 Å². The summed E-state index contributed by atoms with van der Waals surface area (Å²) >= 11 is 0. The summed E-state index contributed by atoms with van der Waals surface area (Å²) < 4.78 is 5.29. The summed E-state index contributed by atoms with van der Waals surface area (Å²) in [6.45, 7) is 2.70. The molecule has 1 aromatic carbocycles. The summed E-state index contributed by atoms with van der Waals surface area (Å²) in [7, 11) is 1.68. The molecule has 0 amide bonds. The van der Waals surface area contributed by atoms with Gasteiger partial charge in [-0.15, -0.1) is 0 Å². The maximum absolute atomic E-state index is 12.5. The largest absolute Gasteiger partial charge is 0.380 e. The Kier molecular flexibility index (Phi) is 3.51. The van der Waals surface area contributed by atoms with Gasteiger partial charge in [-0.3, -0.25) is 9.78 Å². The second-order valence-electron chi connectivity index (χ2n) is 5.28. The number of rotatable bonds is 3. The second kappa shape index (κ2) is 5.31. The van der Waals surface area contributed by atoms with Crippen LogP contribution in [0.15, 0.2) is 30.3 Å². The van der Waals surface area contributed by atoms with Crippen LogP contribution in [0.25, 0.3) is 10.9 Å². The third-order valence-corrected chi connectivity index (χ3v) is 3.85. The Bertz CT molecular complexity index is 654. The first-order valence-corrected chi connectivity index (χ1v) is 6.85. The van der Waals surface area contributed by atoms with Gasteiger partial charge in [-0.2, -0.15) is 0 Å². The molecule has 3 rings (SSSR count). The highest BCUT2D eigenvalue weighted by molar-refractivity contribution is 6.02. The molecule has 0 radical (unpaired) electrons. The van der Waals surface area contributed by atoms with Gasteiger partial charge in [0.05, 0.1) is 17.7 Å². The molecule has 4 nitrogen and oxygen atoms in total. The number of aryl methyl sites for hydroxylation is 1. The zero-order valence-electron chi connectivity index (χ0n) is 11.7. The summed E-state index contributed by atoms with van der Waals surface area (Å²) in [5.74, 6) is 0.132. The van der Waals surface area contributed by atoms with Crippen molar-refractivity contribution in [2.24, 2.45) is 0 Å². The lowest BCUT2D eigenvalue weighted by atomic mass is 10.0. The van der Waals surface area contributed by atoms with Crippen molar-refractivity contribution in [1.82, 2.24) is 10.3 Å². The molecule has 1 saturated heterocycles. The molecule has 4 heteroatoms. The van der Waals surface area contributed by atoms with Gasteiger partial charge in [0.25, 0.3) is 0 Å². The van der Waals surface area contributed by atoms with E-state index in [1.165, 1.54) is 0 Å². The zero-order chi connectivity index (χ0) is 14.1. The Balaban J connectivity index is 1.87. The Labute approximate surface area is 118 Å². The van der Waals surface area contributed by atoms with E-state index in [9.17, 15) is 4.79 Å². The molecule has 0 spiro atoms. The predicted molar refractivity (Wildman–Crippen MR) is 78.0 cm³/mol. The van der Waals surface area contributed by atoms with Crippen molar-refractivity contribution in [2.75, 3.05) is 13.7 Å². The predicted octanol–water partition coefficient (Wildman–Crippen LogP) is 2.10. The standard InChI is InChI=1S/C16H18N2O2/c1-10-3-4-11-7-12(5-6-14(11)18-10)16(19)15-8-13(20-2)9-17-15/h3-7,13,15,17H,8-9H2,1-2H3. The van der Waals surface area contributed by atoms with Crippen LogP contribution < -0.4 is 5.32 Å². The Morgan fingerprint density at radius 1 is 1.35 bits per heavy atom. The van der Waals surface area contributed by atoms with Crippen molar-refractivity contribution in [3.8, 4) is 0 Å². The Morgan fingerprint density at radius 2 is 2.20 bits per heavy atom. The maximum atomic E-state index is 12.5. The lowest BCUT2D eigenvalue weighted by Crippen LogP contribution is -2.30. The molecule has 20 heavy (non-hydrogen) atoms. The van der Waals surface area contributed by atoms with Gasteiger partial charge in [-0.1, -0.05) is 6.07 Å². The molecule has 1 aliphatic rings. The van der Waals surface area contributed by atoms with Gasteiger partial charge >= 0.3 is 0 Å². The minimum absolute atomic E-state index is 0.132.